The normalized spacial score (nSPS) is 15.7. The lowest BCUT2D eigenvalue weighted by Crippen LogP contribution is -2.35. The molecule has 1 aromatic carbocycles. The fourth-order valence-corrected chi connectivity index (χ4v) is 4.93. The maximum atomic E-state index is 14.7. The molecule has 34 heavy (non-hydrogen) atoms. The third-order valence-corrected chi connectivity index (χ3v) is 6.84. The largest absolute Gasteiger partial charge is 0.404 e. The van der Waals surface area contributed by atoms with Crippen molar-refractivity contribution in [2.24, 2.45) is 10.7 Å². The summed E-state index contributed by atoms with van der Waals surface area (Å²) in [6, 6.07) is 9.47. The number of hydrogen-bond donors (Lipinski definition) is 2. The summed E-state index contributed by atoms with van der Waals surface area (Å²) in [5.41, 5.74) is 8.96. The quantitative estimate of drug-likeness (QED) is 0.424. The Bertz CT molecular complexity index is 1410. The summed E-state index contributed by atoms with van der Waals surface area (Å²) in [6.07, 6.45) is 7.91. The van der Waals surface area contributed by atoms with Crippen molar-refractivity contribution in [3.8, 4) is 0 Å². The van der Waals surface area contributed by atoms with E-state index in [0.29, 0.717) is 16.3 Å². The average Bonchev–Trinajstić information content (AvgIpc) is 3.25. The SMILES string of the molecule is CN=CC(=CN)c1cc(F)c2nnc(Sc3ccc4ncc(N5CCC(O)CC5)cc4c3)n2c1. The maximum Gasteiger partial charge on any atom is 0.200 e. The molecule has 4 aromatic rings. The molecule has 0 amide bonds. The Kier molecular flexibility index (Phi) is 6.16. The fraction of sp³-hybridized carbons (Fsp3) is 0.250. The monoisotopic (exact) mass is 477 g/mol. The molecule has 3 aromatic heterocycles. The van der Waals surface area contributed by atoms with Crippen LogP contribution in [0.1, 0.15) is 18.4 Å². The number of allylic oxidation sites excluding steroid dienone is 1. The highest BCUT2D eigenvalue weighted by atomic mass is 32.2. The van der Waals surface area contributed by atoms with Gasteiger partial charge in [-0.15, -0.1) is 10.2 Å². The average molecular weight is 478 g/mol. The Balaban J connectivity index is 1.47. The van der Waals surface area contributed by atoms with Gasteiger partial charge in [0.25, 0.3) is 0 Å². The third-order valence-electron chi connectivity index (χ3n) is 5.89. The van der Waals surface area contributed by atoms with Gasteiger partial charge in [-0.25, -0.2) is 4.39 Å². The van der Waals surface area contributed by atoms with E-state index in [1.165, 1.54) is 24.0 Å². The van der Waals surface area contributed by atoms with Crippen LogP contribution in [0.4, 0.5) is 10.1 Å². The van der Waals surface area contributed by atoms with E-state index in [0.717, 1.165) is 47.4 Å². The Morgan fingerprint density at radius 3 is 2.82 bits per heavy atom. The summed E-state index contributed by atoms with van der Waals surface area (Å²) >= 11 is 1.39. The molecule has 0 saturated carbocycles. The highest BCUT2D eigenvalue weighted by molar-refractivity contribution is 7.99. The predicted octanol–water partition coefficient (Wildman–Crippen LogP) is 3.53. The summed E-state index contributed by atoms with van der Waals surface area (Å²) in [7, 11) is 1.63. The van der Waals surface area contributed by atoms with Crippen molar-refractivity contribution in [1.82, 2.24) is 19.6 Å². The number of nitrogens with zero attached hydrogens (tertiary/aromatic N) is 6. The number of pyridine rings is 2. The number of aliphatic imine (C=N–C) groups is 1. The van der Waals surface area contributed by atoms with Crippen molar-refractivity contribution in [3.05, 3.63) is 60.3 Å². The standard InChI is InChI=1S/C24H24FN7OS/c1-27-12-17(11-26)16-10-21(25)23-29-30-24(32(23)14-16)34-20-2-3-22-15(9-20)8-18(13-28-22)31-6-4-19(33)5-7-31/h2-3,8-14,19,33H,4-7,26H2,1H3. The first-order valence-corrected chi connectivity index (χ1v) is 11.8. The van der Waals surface area contributed by atoms with Gasteiger partial charge in [-0.1, -0.05) is 0 Å². The number of benzene rings is 1. The van der Waals surface area contributed by atoms with Crippen LogP contribution < -0.4 is 10.6 Å². The minimum atomic E-state index is -0.486. The maximum absolute atomic E-state index is 14.7. The van der Waals surface area contributed by atoms with Gasteiger partial charge in [0.15, 0.2) is 11.5 Å². The Morgan fingerprint density at radius 2 is 2.06 bits per heavy atom. The molecule has 174 valence electrons. The lowest BCUT2D eigenvalue weighted by Gasteiger charge is -2.31. The highest BCUT2D eigenvalue weighted by Gasteiger charge is 2.18. The number of piperidine rings is 1. The molecule has 0 bridgehead atoms. The number of aromatic nitrogens is 4. The highest BCUT2D eigenvalue weighted by Crippen LogP contribution is 2.31. The first kappa shape index (κ1) is 22.3. The molecule has 1 aliphatic rings. The number of nitrogens with two attached hydrogens (primary N) is 1. The summed E-state index contributed by atoms with van der Waals surface area (Å²) in [4.78, 5) is 11.8. The Hall–Kier alpha value is -3.50. The van der Waals surface area contributed by atoms with Crippen molar-refractivity contribution in [1.29, 1.82) is 0 Å². The van der Waals surface area contributed by atoms with Crippen molar-refractivity contribution >= 4 is 45.8 Å². The van der Waals surface area contributed by atoms with E-state index >= 15 is 0 Å². The van der Waals surface area contributed by atoms with Crippen LogP contribution in [0.25, 0.3) is 22.1 Å². The van der Waals surface area contributed by atoms with Gasteiger partial charge < -0.3 is 15.7 Å². The van der Waals surface area contributed by atoms with Gasteiger partial charge in [-0.3, -0.25) is 14.4 Å². The minimum absolute atomic E-state index is 0.146. The van der Waals surface area contributed by atoms with E-state index in [9.17, 15) is 9.50 Å². The van der Waals surface area contributed by atoms with Crippen LogP contribution in [-0.2, 0) is 0 Å². The second-order valence-electron chi connectivity index (χ2n) is 8.13. The van der Waals surface area contributed by atoms with Crippen LogP contribution in [-0.4, -0.2) is 57.1 Å². The van der Waals surface area contributed by atoms with E-state index in [-0.39, 0.29) is 11.8 Å². The van der Waals surface area contributed by atoms with Crippen molar-refractivity contribution in [2.45, 2.75) is 29.0 Å². The molecule has 1 saturated heterocycles. The molecule has 4 heterocycles. The van der Waals surface area contributed by atoms with Crippen LogP contribution in [0.3, 0.4) is 0 Å². The number of halogens is 1. The van der Waals surface area contributed by atoms with Crippen LogP contribution >= 0.6 is 11.8 Å². The van der Waals surface area contributed by atoms with Gasteiger partial charge in [0, 0.05) is 60.2 Å². The van der Waals surface area contributed by atoms with Gasteiger partial charge in [0.1, 0.15) is 0 Å². The van der Waals surface area contributed by atoms with Gasteiger partial charge in [-0.05, 0) is 54.9 Å². The molecule has 0 unspecified atom stereocenters. The number of hydrogen-bond acceptors (Lipinski definition) is 8. The first-order chi connectivity index (χ1) is 16.6. The molecular formula is C24H24FN7OS. The van der Waals surface area contributed by atoms with Crippen LogP contribution in [0, 0.1) is 5.82 Å². The molecule has 8 nitrogen and oxygen atoms in total. The summed E-state index contributed by atoms with van der Waals surface area (Å²) < 4.78 is 16.3. The first-order valence-electron chi connectivity index (χ1n) is 10.9. The molecule has 0 radical (unpaired) electrons. The van der Waals surface area contributed by atoms with Crippen molar-refractivity contribution in [2.75, 3.05) is 25.0 Å². The molecule has 0 atom stereocenters. The third kappa shape index (κ3) is 4.34. The Morgan fingerprint density at radius 1 is 1.24 bits per heavy atom. The van der Waals surface area contributed by atoms with E-state index in [2.05, 4.69) is 31.1 Å². The van der Waals surface area contributed by atoms with E-state index in [1.807, 2.05) is 24.4 Å². The number of anilines is 1. The van der Waals surface area contributed by atoms with Crippen molar-refractivity contribution in [3.63, 3.8) is 0 Å². The van der Waals surface area contributed by atoms with E-state index in [4.69, 9.17) is 5.73 Å². The Labute approximate surface area is 200 Å². The van der Waals surface area contributed by atoms with Crippen LogP contribution in [0.5, 0.6) is 0 Å². The van der Waals surface area contributed by atoms with Gasteiger partial charge >= 0.3 is 0 Å². The zero-order chi connectivity index (χ0) is 23.7. The second-order valence-corrected chi connectivity index (χ2v) is 9.17. The number of rotatable bonds is 5. The number of aliphatic hydroxyl groups excluding tert-OH is 1. The smallest absolute Gasteiger partial charge is 0.200 e. The summed E-state index contributed by atoms with van der Waals surface area (Å²) in [6.45, 7) is 1.62. The van der Waals surface area contributed by atoms with Crippen LogP contribution in [0.15, 0.2) is 64.0 Å². The molecule has 1 fully saturated rings. The van der Waals surface area contributed by atoms with Gasteiger partial charge in [-0.2, -0.15) is 0 Å². The van der Waals surface area contributed by atoms with E-state index in [1.54, 1.807) is 23.9 Å². The minimum Gasteiger partial charge on any atom is -0.404 e. The molecule has 5 rings (SSSR count). The number of aliphatic hydroxyl groups is 1. The van der Waals surface area contributed by atoms with Gasteiger partial charge in [0.2, 0.25) is 5.16 Å². The molecule has 0 spiro atoms. The molecule has 0 aliphatic carbocycles. The second kappa shape index (κ2) is 9.40. The summed E-state index contributed by atoms with van der Waals surface area (Å²) in [5.74, 6) is -0.486. The lowest BCUT2D eigenvalue weighted by atomic mass is 10.1. The molecule has 1 aliphatic heterocycles. The molecule has 10 heteroatoms. The lowest BCUT2D eigenvalue weighted by molar-refractivity contribution is 0.145. The summed E-state index contributed by atoms with van der Waals surface area (Å²) in [5, 5.41) is 19.6. The topological polar surface area (TPSA) is 105 Å². The molecule has 3 N–H and O–H groups in total. The molecular weight excluding hydrogens is 453 g/mol. The zero-order valence-electron chi connectivity index (χ0n) is 18.6. The van der Waals surface area contributed by atoms with Crippen molar-refractivity contribution < 1.29 is 9.50 Å². The predicted molar refractivity (Wildman–Crippen MR) is 133 cm³/mol. The van der Waals surface area contributed by atoms with Crippen LogP contribution in [0.2, 0.25) is 0 Å². The number of fused-ring (bicyclic) bond motifs is 2. The van der Waals surface area contributed by atoms with E-state index < -0.39 is 5.82 Å². The fourth-order valence-electron chi connectivity index (χ4n) is 4.08. The van der Waals surface area contributed by atoms with Gasteiger partial charge in [0.05, 0.1) is 23.5 Å². The zero-order valence-corrected chi connectivity index (χ0v) is 19.4.